The lowest BCUT2D eigenvalue weighted by molar-refractivity contribution is -0.148. The number of carbonyl (C=O) groups excluding carboxylic acids is 1. The molecule has 1 amide bonds. The van der Waals surface area contributed by atoms with E-state index in [0.29, 0.717) is 32.7 Å². The number of anilines is 2. The summed E-state index contributed by atoms with van der Waals surface area (Å²) in [7, 11) is 3.76. The molecule has 2 aliphatic rings. The Hall–Kier alpha value is -2.81. The molecule has 0 aliphatic carbocycles. The minimum absolute atomic E-state index is 0.206. The molecule has 2 fully saturated rings. The summed E-state index contributed by atoms with van der Waals surface area (Å²) >= 11 is 0. The smallest absolute Gasteiger partial charge is 0.260 e. The molecule has 2 aromatic rings. The molecular weight excluding hydrogens is 426 g/mol. The molecule has 1 N–H and O–H groups in total. The summed E-state index contributed by atoms with van der Waals surface area (Å²) in [5.41, 5.74) is 0.897. The molecule has 0 saturated carbocycles. The number of carbonyl (C=O) groups is 1. The van der Waals surface area contributed by atoms with Crippen molar-refractivity contribution in [1.29, 1.82) is 0 Å². The van der Waals surface area contributed by atoms with Crippen LogP contribution in [0.1, 0.15) is 31.2 Å². The molecule has 0 spiro atoms. The Kier molecular flexibility index (Phi) is 7.07. The van der Waals surface area contributed by atoms with Gasteiger partial charge in [-0.1, -0.05) is 0 Å². The number of hydrogen-bond donors (Lipinski definition) is 1. The minimum Gasteiger partial charge on any atom is -0.386 e. The van der Waals surface area contributed by atoms with Gasteiger partial charge in [0.2, 0.25) is 0 Å². The van der Waals surface area contributed by atoms with E-state index < -0.39 is 5.67 Å². The van der Waals surface area contributed by atoms with E-state index in [2.05, 4.69) is 25.3 Å². The number of amides is 1. The highest BCUT2D eigenvalue weighted by molar-refractivity contribution is 5.85. The lowest BCUT2D eigenvalue weighted by atomic mass is 9.90. The van der Waals surface area contributed by atoms with Gasteiger partial charge in [-0.2, -0.15) is 10.2 Å². The largest absolute Gasteiger partial charge is 0.386 e. The Morgan fingerprint density at radius 2 is 1.91 bits per heavy atom. The molecule has 3 heterocycles. The summed E-state index contributed by atoms with van der Waals surface area (Å²) in [5, 5.41) is 10.7. The van der Waals surface area contributed by atoms with E-state index in [0.717, 1.165) is 29.8 Å². The highest BCUT2D eigenvalue weighted by Gasteiger charge is 2.44. The molecule has 7 nitrogen and oxygen atoms in total. The van der Waals surface area contributed by atoms with Crippen LogP contribution in [0.3, 0.4) is 0 Å². The maximum atomic E-state index is 15.6. The standard InChI is InChI=1S/C24H32F2N6O/c1-27-21-15-19(25)3-4-22(21)30(2)20-6-11-32(12-7-20)23(33)24(26)8-13-31(14-9-24)17-18-5-10-28-29-16-18/h3-5,10,15-16,20,27H,6-9,11-14,17H2,1-2H3. The van der Waals surface area contributed by atoms with Crippen molar-refractivity contribution in [2.75, 3.05) is 50.5 Å². The Balaban J connectivity index is 1.30. The number of alkyl halides is 1. The van der Waals surface area contributed by atoms with E-state index in [4.69, 9.17) is 0 Å². The number of halogens is 2. The van der Waals surface area contributed by atoms with Crippen LogP contribution < -0.4 is 10.2 Å². The van der Waals surface area contributed by atoms with Gasteiger partial charge in [0.25, 0.3) is 5.91 Å². The first-order valence-electron chi connectivity index (χ1n) is 11.6. The van der Waals surface area contributed by atoms with E-state index in [9.17, 15) is 9.18 Å². The quantitative estimate of drug-likeness (QED) is 0.718. The number of nitrogens with one attached hydrogen (secondary N) is 1. The monoisotopic (exact) mass is 458 g/mol. The third-order valence-corrected chi connectivity index (χ3v) is 6.99. The third kappa shape index (κ3) is 5.24. The number of benzene rings is 1. The van der Waals surface area contributed by atoms with E-state index in [1.807, 2.05) is 13.1 Å². The SMILES string of the molecule is CNc1cc(F)ccc1N(C)C1CCN(C(=O)C2(F)CCN(Cc3ccnnc3)CC2)CC1. The Labute approximate surface area is 193 Å². The van der Waals surface area contributed by atoms with E-state index in [1.54, 1.807) is 30.4 Å². The van der Waals surface area contributed by atoms with E-state index >= 15 is 4.39 Å². The minimum atomic E-state index is -1.79. The predicted molar refractivity (Wildman–Crippen MR) is 124 cm³/mol. The zero-order valence-electron chi connectivity index (χ0n) is 19.3. The number of likely N-dealkylation sites (tertiary alicyclic amines) is 2. The van der Waals surface area contributed by atoms with Gasteiger partial charge in [-0.25, -0.2) is 8.78 Å². The van der Waals surface area contributed by atoms with Crippen LogP contribution in [0.4, 0.5) is 20.2 Å². The van der Waals surface area contributed by atoms with Crippen molar-refractivity contribution < 1.29 is 13.6 Å². The number of rotatable bonds is 6. The van der Waals surface area contributed by atoms with Gasteiger partial charge in [0.1, 0.15) is 5.82 Å². The molecule has 178 valence electrons. The molecule has 0 atom stereocenters. The van der Waals surface area contributed by atoms with Gasteiger partial charge in [-0.3, -0.25) is 9.69 Å². The van der Waals surface area contributed by atoms with Gasteiger partial charge in [-0.05, 0) is 42.7 Å². The maximum absolute atomic E-state index is 15.6. The Bertz CT molecular complexity index is 943. The summed E-state index contributed by atoms with van der Waals surface area (Å²) in [5.74, 6) is -0.653. The molecule has 4 rings (SSSR count). The van der Waals surface area contributed by atoms with Crippen molar-refractivity contribution in [3.05, 3.63) is 48.0 Å². The first-order chi connectivity index (χ1) is 15.9. The molecule has 33 heavy (non-hydrogen) atoms. The average Bonchev–Trinajstić information content (AvgIpc) is 2.85. The van der Waals surface area contributed by atoms with Crippen LogP contribution in [0.15, 0.2) is 36.7 Å². The number of nitrogens with zero attached hydrogens (tertiary/aromatic N) is 5. The van der Waals surface area contributed by atoms with Gasteiger partial charge in [0.15, 0.2) is 5.67 Å². The number of hydrogen-bond acceptors (Lipinski definition) is 6. The van der Waals surface area contributed by atoms with Crippen molar-refractivity contribution in [3.8, 4) is 0 Å². The summed E-state index contributed by atoms with van der Waals surface area (Å²) < 4.78 is 29.2. The summed E-state index contributed by atoms with van der Waals surface area (Å²) in [6.45, 7) is 2.84. The van der Waals surface area contributed by atoms with Gasteiger partial charge in [0, 0.05) is 71.9 Å². The molecule has 1 aromatic carbocycles. The molecule has 0 unspecified atom stereocenters. The van der Waals surface area contributed by atoms with Crippen LogP contribution >= 0.6 is 0 Å². The fraction of sp³-hybridized carbons (Fsp3) is 0.542. The van der Waals surface area contributed by atoms with Crippen molar-refractivity contribution >= 4 is 17.3 Å². The predicted octanol–water partition coefficient (Wildman–Crippen LogP) is 3.09. The molecule has 0 radical (unpaired) electrons. The van der Waals surface area contributed by atoms with E-state index in [1.165, 1.54) is 12.1 Å². The highest BCUT2D eigenvalue weighted by atomic mass is 19.1. The molecule has 9 heteroatoms. The summed E-state index contributed by atoms with van der Waals surface area (Å²) in [6, 6.07) is 6.82. The second kappa shape index (κ2) is 9.99. The maximum Gasteiger partial charge on any atom is 0.260 e. The fourth-order valence-corrected chi connectivity index (χ4v) is 4.90. The Morgan fingerprint density at radius 1 is 1.18 bits per heavy atom. The Morgan fingerprint density at radius 3 is 2.55 bits per heavy atom. The highest BCUT2D eigenvalue weighted by Crippen LogP contribution is 2.33. The first-order valence-corrected chi connectivity index (χ1v) is 11.6. The van der Waals surface area contributed by atoms with Gasteiger partial charge >= 0.3 is 0 Å². The van der Waals surface area contributed by atoms with Crippen LogP contribution in [-0.4, -0.2) is 77.9 Å². The van der Waals surface area contributed by atoms with Gasteiger partial charge < -0.3 is 15.1 Å². The second-order valence-corrected chi connectivity index (χ2v) is 9.04. The first kappa shape index (κ1) is 23.4. The van der Waals surface area contributed by atoms with Crippen LogP contribution in [-0.2, 0) is 11.3 Å². The normalized spacial score (nSPS) is 19.3. The molecule has 0 bridgehead atoms. The molecular formula is C24H32F2N6O. The fourth-order valence-electron chi connectivity index (χ4n) is 4.90. The number of aromatic nitrogens is 2. The van der Waals surface area contributed by atoms with Gasteiger partial charge in [-0.15, -0.1) is 0 Å². The van der Waals surface area contributed by atoms with Crippen molar-refractivity contribution in [2.24, 2.45) is 0 Å². The van der Waals surface area contributed by atoms with Crippen LogP contribution in [0.25, 0.3) is 0 Å². The van der Waals surface area contributed by atoms with Crippen LogP contribution in [0.2, 0.25) is 0 Å². The van der Waals surface area contributed by atoms with Crippen molar-refractivity contribution in [3.63, 3.8) is 0 Å². The zero-order valence-corrected chi connectivity index (χ0v) is 19.3. The van der Waals surface area contributed by atoms with Crippen molar-refractivity contribution in [2.45, 2.75) is 43.9 Å². The molecule has 1 aromatic heterocycles. The third-order valence-electron chi connectivity index (χ3n) is 6.99. The van der Waals surface area contributed by atoms with E-state index in [-0.39, 0.29) is 30.6 Å². The lowest BCUT2D eigenvalue weighted by Gasteiger charge is -2.42. The van der Waals surface area contributed by atoms with Crippen LogP contribution in [0, 0.1) is 5.82 Å². The summed E-state index contributed by atoms with van der Waals surface area (Å²) in [6.07, 6.45) is 5.30. The number of piperidine rings is 2. The van der Waals surface area contributed by atoms with Crippen molar-refractivity contribution in [1.82, 2.24) is 20.0 Å². The van der Waals surface area contributed by atoms with Crippen LogP contribution in [0.5, 0.6) is 0 Å². The summed E-state index contributed by atoms with van der Waals surface area (Å²) in [4.78, 5) is 19.1. The second-order valence-electron chi connectivity index (χ2n) is 9.04. The molecule has 2 aliphatic heterocycles. The zero-order chi connectivity index (χ0) is 23.4. The topological polar surface area (TPSA) is 64.6 Å². The lowest BCUT2D eigenvalue weighted by Crippen LogP contribution is -2.55. The molecule has 2 saturated heterocycles. The average molecular weight is 459 g/mol. The van der Waals surface area contributed by atoms with Gasteiger partial charge in [0.05, 0.1) is 17.6 Å².